The maximum Gasteiger partial charge on any atom is 0.318 e. The van der Waals surface area contributed by atoms with Gasteiger partial charge in [-0.05, 0) is 31.2 Å². The second kappa shape index (κ2) is 8.79. The van der Waals surface area contributed by atoms with Crippen LogP contribution in [0.25, 0.3) is 11.3 Å². The lowest BCUT2D eigenvalue weighted by atomic mass is 10.1. The first-order valence-electron chi connectivity index (χ1n) is 8.96. The molecule has 162 valence electrons. The smallest absolute Gasteiger partial charge is 0.318 e. The summed E-state index contributed by atoms with van der Waals surface area (Å²) in [6.07, 6.45) is 0. The fourth-order valence-corrected chi connectivity index (χ4v) is 2.79. The van der Waals surface area contributed by atoms with Crippen molar-refractivity contribution in [2.24, 2.45) is 0 Å². The summed E-state index contributed by atoms with van der Waals surface area (Å²) in [5, 5.41) is 31.7. The molecule has 4 N–H and O–H groups in total. The van der Waals surface area contributed by atoms with E-state index >= 15 is 0 Å². The minimum Gasteiger partial charge on any atom is -0.490 e. The van der Waals surface area contributed by atoms with Crippen molar-refractivity contribution in [3.8, 4) is 34.6 Å². The minimum absolute atomic E-state index is 0.0151. The van der Waals surface area contributed by atoms with Crippen LogP contribution in [0.3, 0.4) is 0 Å². The minimum atomic E-state index is -0.789. The SMILES string of the molecule is CCOc1cc(-c2nc(N)nc(N)c2C#N)ccc1Oc1ccc([N+](=O)[O-])cc1[N+](=O)[O-]. The monoisotopic (exact) mass is 437 g/mol. The van der Waals surface area contributed by atoms with E-state index < -0.39 is 21.2 Å². The first-order chi connectivity index (χ1) is 15.2. The quantitative estimate of drug-likeness (QED) is 0.405. The summed E-state index contributed by atoms with van der Waals surface area (Å²) in [5.41, 5.74) is 11.0. The van der Waals surface area contributed by atoms with Crippen LogP contribution in [0.2, 0.25) is 0 Å². The molecule has 1 aromatic heterocycles. The predicted molar refractivity (Wildman–Crippen MR) is 112 cm³/mol. The van der Waals surface area contributed by atoms with Crippen molar-refractivity contribution in [1.82, 2.24) is 9.97 Å². The molecule has 0 spiro atoms. The van der Waals surface area contributed by atoms with Gasteiger partial charge in [0.25, 0.3) is 5.69 Å². The highest BCUT2D eigenvalue weighted by Gasteiger charge is 2.23. The Kier molecular flexibility index (Phi) is 5.97. The van der Waals surface area contributed by atoms with Crippen LogP contribution in [0.1, 0.15) is 12.5 Å². The number of nitro groups is 2. The molecule has 1 heterocycles. The van der Waals surface area contributed by atoms with Gasteiger partial charge >= 0.3 is 5.69 Å². The zero-order chi connectivity index (χ0) is 23.4. The van der Waals surface area contributed by atoms with Crippen molar-refractivity contribution in [1.29, 1.82) is 5.26 Å². The molecule has 13 heteroatoms. The van der Waals surface area contributed by atoms with Crippen molar-refractivity contribution in [3.05, 3.63) is 62.2 Å². The molecule has 0 aliphatic heterocycles. The topological polar surface area (TPSA) is 206 Å². The van der Waals surface area contributed by atoms with Crippen molar-refractivity contribution in [2.75, 3.05) is 18.1 Å². The molecule has 13 nitrogen and oxygen atoms in total. The van der Waals surface area contributed by atoms with Crippen LogP contribution in [-0.2, 0) is 0 Å². The van der Waals surface area contributed by atoms with Gasteiger partial charge in [0.1, 0.15) is 17.5 Å². The van der Waals surface area contributed by atoms with Gasteiger partial charge in [0.05, 0.1) is 28.2 Å². The van der Waals surface area contributed by atoms with Crippen LogP contribution >= 0.6 is 0 Å². The third-order valence-corrected chi connectivity index (χ3v) is 4.15. The molecule has 0 atom stereocenters. The number of ether oxygens (including phenoxy) is 2. The van der Waals surface area contributed by atoms with Crippen LogP contribution in [0.15, 0.2) is 36.4 Å². The number of anilines is 2. The van der Waals surface area contributed by atoms with Crippen LogP contribution in [0.5, 0.6) is 17.2 Å². The Labute approximate surface area is 180 Å². The van der Waals surface area contributed by atoms with Gasteiger partial charge in [-0.2, -0.15) is 10.2 Å². The average Bonchev–Trinajstić information content (AvgIpc) is 2.74. The lowest BCUT2D eigenvalue weighted by molar-refractivity contribution is -0.394. The van der Waals surface area contributed by atoms with Crippen molar-refractivity contribution >= 4 is 23.1 Å². The van der Waals surface area contributed by atoms with Gasteiger partial charge in [-0.1, -0.05) is 0 Å². The molecule has 0 saturated heterocycles. The summed E-state index contributed by atoms with van der Waals surface area (Å²) in [6, 6.07) is 9.40. The Hall–Kier alpha value is -4.99. The molecule has 0 bridgehead atoms. The summed E-state index contributed by atoms with van der Waals surface area (Å²) < 4.78 is 11.2. The number of hydrogen-bond donors (Lipinski definition) is 2. The largest absolute Gasteiger partial charge is 0.490 e. The number of aromatic nitrogens is 2. The predicted octanol–water partition coefficient (Wildman–Crippen LogP) is 3.19. The molecule has 0 aliphatic rings. The Morgan fingerprint density at radius 1 is 1.03 bits per heavy atom. The standard InChI is InChI=1S/C19H15N7O6/c1-2-31-16-7-10(17-12(9-20)18(21)24-19(22)23-17)3-5-15(16)32-14-6-4-11(25(27)28)8-13(14)26(29)30/h3-8H,2H2,1H3,(H4,21,22,23,24). The van der Waals surface area contributed by atoms with Crippen molar-refractivity contribution < 1.29 is 19.3 Å². The number of nitriles is 1. The molecule has 0 fully saturated rings. The fraction of sp³-hybridized carbons (Fsp3) is 0.105. The molecule has 3 aromatic rings. The third-order valence-electron chi connectivity index (χ3n) is 4.15. The highest BCUT2D eigenvalue weighted by atomic mass is 16.6. The molecule has 2 aromatic carbocycles. The average molecular weight is 437 g/mol. The van der Waals surface area contributed by atoms with Gasteiger partial charge in [0.2, 0.25) is 11.7 Å². The second-order valence-corrected chi connectivity index (χ2v) is 6.17. The number of hydrogen-bond acceptors (Lipinski definition) is 11. The molecule has 32 heavy (non-hydrogen) atoms. The van der Waals surface area contributed by atoms with E-state index in [1.54, 1.807) is 6.92 Å². The molecular formula is C19H15N7O6. The molecule has 0 saturated carbocycles. The van der Waals surface area contributed by atoms with E-state index in [4.69, 9.17) is 20.9 Å². The fourth-order valence-electron chi connectivity index (χ4n) is 2.79. The lowest BCUT2D eigenvalue weighted by Gasteiger charge is -2.14. The molecule has 0 aliphatic carbocycles. The normalized spacial score (nSPS) is 10.2. The first kappa shape index (κ1) is 21.7. The summed E-state index contributed by atoms with van der Waals surface area (Å²) in [5.74, 6) is -0.160. The highest BCUT2D eigenvalue weighted by Crippen LogP contribution is 2.40. The van der Waals surface area contributed by atoms with Gasteiger partial charge in [-0.15, -0.1) is 0 Å². The highest BCUT2D eigenvalue weighted by molar-refractivity contribution is 5.75. The molecular weight excluding hydrogens is 422 g/mol. The number of benzene rings is 2. The number of nitro benzene ring substituents is 2. The summed E-state index contributed by atoms with van der Waals surface area (Å²) >= 11 is 0. The van der Waals surface area contributed by atoms with E-state index in [0.29, 0.717) is 5.56 Å². The Morgan fingerprint density at radius 3 is 2.38 bits per heavy atom. The van der Waals surface area contributed by atoms with E-state index in [1.807, 2.05) is 6.07 Å². The van der Waals surface area contributed by atoms with Gasteiger partial charge in [-0.3, -0.25) is 20.2 Å². The second-order valence-electron chi connectivity index (χ2n) is 6.17. The first-order valence-corrected chi connectivity index (χ1v) is 8.96. The van der Waals surface area contributed by atoms with E-state index in [-0.39, 0.29) is 46.9 Å². The summed E-state index contributed by atoms with van der Waals surface area (Å²) in [6.45, 7) is 1.94. The molecule has 0 amide bonds. The molecule has 0 radical (unpaired) electrons. The van der Waals surface area contributed by atoms with Crippen LogP contribution in [-0.4, -0.2) is 26.4 Å². The Bertz CT molecular complexity index is 1270. The van der Waals surface area contributed by atoms with Crippen LogP contribution in [0.4, 0.5) is 23.1 Å². The van der Waals surface area contributed by atoms with E-state index in [0.717, 1.165) is 18.2 Å². The summed E-state index contributed by atoms with van der Waals surface area (Å²) in [7, 11) is 0. The maximum absolute atomic E-state index is 11.4. The third kappa shape index (κ3) is 4.28. The van der Waals surface area contributed by atoms with E-state index in [2.05, 4.69) is 9.97 Å². The van der Waals surface area contributed by atoms with Gasteiger partial charge < -0.3 is 20.9 Å². The van der Waals surface area contributed by atoms with Crippen LogP contribution < -0.4 is 20.9 Å². The number of nitrogens with two attached hydrogens (primary N) is 2. The van der Waals surface area contributed by atoms with Gasteiger partial charge in [-0.25, -0.2) is 4.98 Å². The van der Waals surface area contributed by atoms with E-state index in [1.165, 1.54) is 18.2 Å². The zero-order valence-corrected chi connectivity index (χ0v) is 16.5. The molecule has 3 rings (SSSR count). The van der Waals surface area contributed by atoms with Crippen molar-refractivity contribution in [2.45, 2.75) is 6.92 Å². The van der Waals surface area contributed by atoms with E-state index in [9.17, 15) is 25.5 Å². The Balaban J connectivity index is 2.09. The Morgan fingerprint density at radius 2 is 1.75 bits per heavy atom. The number of nitrogen functional groups attached to an aromatic ring is 2. The number of nitrogens with zero attached hydrogens (tertiary/aromatic N) is 5. The van der Waals surface area contributed by atoms with Crippen LogP contribution in [0, 0.1) is 31.6 Å². The zero-order valence-electron chi connectivity index (χ0n) is 16.5. The van der Waals surface area contributed by atoms with Crippen molar-refractivity contribution in [3.63, 3.8) is 0 Å². The maximum atomic E-state index is 11.4. The van der Waals surface area contributed by atoms with Gasteiger partial charge in [0, 0.05) is 11.6 Å². The van der Waals surface area contributed by atoms with Gasteiger partial charge in [0.15, 0.2) is 11.5 Å². The number of non-ortho nitro benzene ring substituents is 1. The summed E-state index contributed by atoms with van der Waals surface area (Å²) in [4.78, 5) is 28.6. The number of rotatable bonds is 7. The lowest BCUT2D eigenvalue weighted by Crippen LogP contribution is -2.05. The molecule has 0 unspecified atom stereocenters.